The predicted octanol–water partition coefficient (Wildman–Crippen LogP) is 2.81. The van der Waals surface area contributed by atoms with Crippen molar-refractivity contribution >= 4 is 23.4 Å². The highest BCUT2D eigenvalue weighted by Gasteiger charge is 2.58. The number of aromatic nitrogens is 3. The Morgan fingerprint density at radius 2 is 1.82 bits per heavy atom. The van der Waals surface area contributed by atoms with Crippen LogP contribution in [0.25, 0.3) is 16.9 Å². The van der Waals surface area contributed by atoms with E-state index in [0.717, 1.165) is 16.8 Å². The fourth-order valence-electron chi connectivity index (χ4n) is 6.17. The van der Waals surface area contributed by atoms with E-state index in [4.69, 9.17) is 5.10 Å². The number of carbonyl (C=O) groups excluding carboxylic acids is 2. The molecule has 2 fully saturated rings. The SMILES string of the molecule is CC(C)(C)c1cc(-c2ccc(F)cc2)nn2cc3[n+](c12)C1(C)CN(C(=O)C2CC(C(=O)O)C2)CCN1C3=O. The summed E-state index contributed by atoms with van der Waals surface area (Å²) >= 11 is 0. The summed E-state index contributed by atoms with van der Waals surface area (Å²) < 4.78 is 17.3. The van der Waals surface area contributed by atoms with Gasteiger partial charge in [-0.25, -0.2) is 4.39 Å². The van der Waals surface area contributed by atoms with Gasteiger partial charge in [-0.3, -0.25) is 19.3 Å². The number of benzene rings is 1. The van der Waals surface area contributed by atoms with E-state index in [1.807, 2.05) is 22.5 Å². The zero-order chi connectivity index (χ0) is 27.1. The van der Waals surface area contributed by atoms with Gasteiger partial charge in [0.05, 0.1) is 18.0 Å². The molecule has 2 amide bonds. The largest absolute Gasteiger partial charge is 0.481 e. The van der Waals surface area contributed by atoms with Crippen LogP contribution < -0.4 is 4.57 Å². The highest BCUT2D eigenvalue weighted by molar-refractivity contribution is 5.93. The van der Waals surface area contributed by atoms with Crippen molar-refractivity contribution in [1.29, 1.82) is 0 Å². The topological polar surface area (TPSA) is 99.1 Å². The summed E-state index contributed by atoms with van der Waals surface area (Å²) in [5.74, 6) is -2.07. The van der Waals surface area contributed by atoms with E-state index in [1.165, 1.54) is 12.1 Å². The summed E-state index contributed by atoms with van der Waals surface area (Å²) in [6, 6.07) is 8.18. The lowest BCUT2D eigenvalue weighted by Crippen LogP contribution is -2.69. The minimum Gasteiger partial charge on any atom is -0.481 e. The number of carboxylic acid groups (broad SMARTS) is 1. The predicted molar refractivity (Wildman–Crippen MR) is 135 cm³/mol. The maximum absolute atomic E-state index is 13.6. The van der Waals surface area contributed by atoms with Crippen LogP contribution in [-0.2, 0) is 20.7 Å². The highest BCUT2D eigenvalue weighted by atomic mass is 19.1. The average Bonchev–Trinajstić information content (AvgIpc) is 3.30. The van der Waals surface area contributed by atoms with Gasteiger partial charge in [0.25, 0.3) is 0 Å². The maximum atomic E-state index is 13.6. The van der Waals surface area contributed by atoms with E-state index in [1.54, 1.807) is 27.7 Å². The molecular formula is C28H31FN5O4+. The van der Waals surface area contributed by atoms with Gasteiger partial charge in [-0.05, 0) is 48.6 Å². The first-order chi connectivity index (χ1) is 17.9. The molecule has 9 nitrogen and oxygen atoms in total. The molecule has 3 aromatic rings. The molecular weight excluding hydrogens is 489 g/mol. The van der Waals surface area contributed by atoms with Gasteiger partial charge in [-0.1, -0.05) is 30.4 Å². The minimum absolute atomic E-state index is 0.0406. The molecule has 1 saturated carbocycles. The Kier molecular flexibility index (Phi) is 5.22. The first-order valence-corrected chi connectivity index (χ1v) is 13.0. The van der Waals surface area contributed by atoms with Gasteiger partial charge in [0.15, 0.2) is 6.20 Å². The number of hydrogen-bond acceptors (Lipinski definition) is 4. The van der Waals surface area contributed by atoms with Crippen LogP contribution in [0.4, 0.5) is 4.39 Å². The van der Waals surface area contributed by atoms with Gasteiger partial charge in [0.2, 0.25) is 17.3 Å². The Labute approximate surface area is 219 Å². The number of hydrogen-bond donors (Lipinski definition) is 1. The lowest BCUT2D eigenvalue weighted by Gasteiger charge is -2.45. The van der Waals surface area contributed by atoms with Crippen LogP contribution in [0.5, 0.6) is 0 Å². The van der Waals surface area contributed by atoms with Crippen molar-refractivity contribution in [2.45, 2.75) is 51.6 Å². The van der Waals surface area contributed by atoms with E-state index in [0.29, 0.717) is 43.9 Å². The van der Waals surface area contributed by atoms with E-state index in [-0.39, 0.29) is 29.0 Å². The standard InChI is InChI=1S/C28H30FN5O4/c1-27(2,3)20-13-21(16-5-7-19(29)8-6-16)30-33-14-22-25(36)32-10-9-31(15-28(32,4)34(22)23(20)33)24(35)17-11-18(12-17)26(37)38/h5-8,13-14,17-18H,9-12,15H2,1-4H3/p+1. The van der Waals surface area contributed by atoms with Crippen LogP contribution in [0.1, 0.15) is 56.6 Å². The van der Waals surface area contributed by atoms with Crippen LogP contribution >= 0.6 is 0 Å². The van der Waals surface area contributed by atoms with Crippen LogP contribution in [0.3, 0.4) is 0 Å². The zero-order valence-electron chi connectivity index (χ0n) is 21.9. The number of nitrogens with zero attached hydrogens (tertiary/aromatic N) is 5. The second-order valence-electron chi connectivity index (χ2n) is 12.0. The Morgan fingerprint density at radius 3 is 2.45 bits per heavy atom. The van der Waals surface area contributed by atoms with E-state index < -0.39 is 17.6 Å². The Morgan fingerprint density at radius 1 is 1.13 bits per heavy atom. The molecule has 1 N–H and O–H groups in total. The third kappa shape index (κ3) is 3.53. The van der Waals surface area contributed by atoms with E-state index in [2.05, 4.69) is 20.8 Å². The van der Waals surface area contributed by atoms with Gasteiger partial charge in [0.1, 0.15) is 11.5 Å². The second-order valence-corrected chi connectivity index (χ2v) is 12.0. The van der Waals surface area contributed by atoms with Crippen molar-refractivity contribution in [1.82, 2.24) is 19.4 Å². The molecule has 1 aliphatic carbocycles. The molecule has 4 heterocycles. The quantitative estimate of drug-likeness (QED) is 0.536. The van der Waals surface area contributed by atoms with Crippen molar-refractivity contribution in [3.63, 3.8) is 0 Å². The fraction of sp³-hybridized carbons (Fsp3) is 0.464. The Hall–Kier alpha value is -3.82. The fourth-order valence-corrected chi connectivity index (χ4v) is 6.17. The van der Waals surface area contributed by atoms with Gasteiger partial charge in [-0.2, -0.15) is 4.57 Å². The number of fused-ring (bicyclic) bond motifs is 5. The molecule has 1 saturated heterocycles. The van der Waals surface area contributed by atoms with Crippen molar-refractivity contribution in [2.24, 2.45) is 11.8 Å². The third-order valence-corrected chi connectivity index (χ3v) is 8.36. The average molecular weight is 521 g/mol. The zero-order valence-corrected chi connectivity index (χ0v) is 21.9. The lowest BCUT2D eigenvalue weighted by molar-refractivity contribution is -0.749. The molecule has 0 radical (unpaired) electrons. The molecule has 1 unspecified atom stereocenters. The number of carbonyl (C=O) groups is 3. The molecule has 10 heteroatoms. The molecule has 0 spiro atoms. The summed E-state index contributed by atoms with van der Waals surface area (Å²) in [5.41, 5.74) is 2.57. The summed E-state index contributed by atoms with van der Waals surface area (Å²) in [6.45, 7) is 9.40. The maximum Gasteiger partial charge on any atom is 0.313 e. The number of imidazole rings is 1. The number of piperazine rings is 1. The number of aliphatic carboxylic acids is 1. The monoisotopic (exact) mass is 520 g/mol. The minimum atomic E-state index is -0.852. The van der Waals surface area contributed by atoms with Crippen LogP contribution in [0.15, 0.2) is 36.5 Å². The Bertz CT molecular complexity index is 1500. The van der Waals surface area contributed by atoms with Crippen molar-refractivity contribution in [3.8, 4) is 11.3 Å². The molecule has 0 bridgehead atoms. The smallest absolute Gasteiger partial charge is 0.313 e. The van der Waals surface area contributed by atoms with Gasteiger partial charge in [-0.15, -0.1) is 0 Å². The molecule has 6 rings (SSSR count). The number of carboxylic acids is 1. The van der Waals surface area contributed by atoms with E-state index >= 15 is 0 Å². The first kappa shape index (κ1) is 24.5. The van der Waals surface area contributed by atoms with Gasteiger partial charge < -0.3 is 10.0 Å². The van der Waals surface area contributed by atoms with Gasteiger partial charge >= 0.3 is 17.5 Å². The highest BCUT2D eigenvalue weighted by Crippen LogP contribution is 2.39. The number of rotatable bonds is 3. The summed E-state index contributed by atoms with van der Waals surface area (Å²) in [5, 5.41) is 14.0. The van der Waals surface area contributed by atoms with E-state index in [9.17, 15) is 23.9 Å². The van der Waals surface area contributed by atoms with Crippen LogP contribution in [0, 0.1) is 17.7 Å². The van der Waals surface area contributed by atoms with Gasteiger partial charge in [0, 0.05) is 31.5 Å². The molecule has 1 atom stereocenters. The molecule has 2 aliphatic heterocycles. The summed E-state index contributed by atoms with van der Waals surface area (Å²) in [7, 11) is 0. The molecule has 2 aromatic heterocycles. The summed E-state index contributed by atoms with van der Waals surface area (Å²) in [6.07, 6.45) is 2.47. The lowest BCUT2D eigenvalue weighted by atomic mass is 9.74. The molecule has 1 aromatic carbocycles. The summed E-state index contributed by atoms with van der Waals surface area (Å²) in [4.78, 5) is 41.8. The van der Waals surface area contributed by atoms with Crippen molar-refractivity contribution < 1.29 is 28.4 Å². The third-order valence-electron chi connectivity index (χ3n) is 8.36. The van der Waals surface area contributed by atoms with Crippen molar-refractivity contribution in [2.75, 3.05) is 19.6 Å². The second kappa shape index (κ2) is 8.09. The first-order valence-electron chi connectivity index (χ1n) is 13.0. The molecule has 38 heavy (non-hydrogen) atoms. The number of amides is 2. The van der Waals surface area contributed by atoms with Crippen LogP contribution in [0.2, 0.25) is 0 Å². The normalized spacial score (nSPS) is 24.8. The Balaban J connectivity index is 1.44. The van der Waals surface area contributed by atoms with Crippen molar-refractivity contribution in [3.05, 3.63) is 53.6 Å². The number of halogens is 1. The molecule has 3 aliphatic rings. The van der Waals surface area contributed by atoms with Crippen LogP contribution in [-0.4, -0.2) is 61.9 Å². The molecule has 198 valence electrons.